The largest absolute Gasteiger partial charge is 0.489 e. The predicted molar refractivity (Wildman–Crippen MR) is 65.0 cm³/mol. The third-order valence-corrected chi connectivity index (χ3v) is 2.48. The van der Waals surface area contributed by atoms with Crippen molar-refractivity contribution >= 4 is 23.2 Å². The summed E-state index contributed by atoms with van der Waals surface area (Å²) in [5, 5.41) is 1.18. The van der Waals surface area contributed by atoms with Crippen LogP contribution in [0.2, 0.25) is 10.2 Å². The Bertz CT molecular complexity index is 408. The Labute approximate surface area is 104 Å². The molecule has 0 aliphatic rings. The first-order chi connectivity index (χ1) is 7.74. The summed E-state index contributed by atoms with van der Waals surface area (Å²) in [5.74, 6) is 0.777. The first-order valence-corrected chi connectivity index (χ1v) is 5.48. The molecule has 0 radical (unpaired) electrons. The van der Waals surface area contributed by atoms with E-state index in [-0.39, 0.29) is 0 Å². The number of halogens is 2. The fraction of sp³-hybridized carbons (Fsp3) is 0.0833. The molecule has 0 unspecified atom stereocenters. The van der Waals surface area contributed by atoms with Crippen LogP contribution in [0.15, 0.2) is 42.6 Å². The molecule has 0 bridgehead atoms. The van der Waals surface area contributed by atoms with E-state index in [2.05, 4.69) is 4.98 Å². The number of rotatable bonds is 3. The third-order valence-electron chi connectivity index (χ3n) is 2.01. The molecule has 0 aliphatic heterocycles. The number of hydrogen-bond acceptors (Lipinski definition) is 2. The lowest BCUT2D eigenvalue weighted by atomic mass is 10.3. The highest BCUT2D eigenvalue weighted by Crippen LogP contribution is 2.17. The maximum Gasteiger partial charge on any atom is 0.129 e. The van der Waals surface area contributed by atoms with Crippen LogP contribution in [-0.2, 0) is 6.61 Å². The van der Waals surface area contributed by atoms with Crippen molar-refractivity contribution in [1.82, 2.24) is 4.98 Å². The Kier molecular flexibility index (Phi) is 3.65. The van der Waals surface area contributed by atoms with Gasteiger partial charge >= 0.3 is 0 Å². The van der Waals surface area contributed by atoms with E-state index < -0.39 is 0 Å². The summed E-state index contributed by atoms with van der Waals surface area (Å²) in [7, 11) is 0. The molecule has 0 N–H and O–H groups in total. The van der Waals surface area contributed by atoms with Gasteiger partial charge in [-0.3, -0.25) is 0 Å². The summed E-state index contributed by atoms with van der Waals surface area (Å²) in [5.41, 5.74) is 0.972. The summed E-state index contributed by atoms with van der Waals surface area (Å²) in [4.78, 5) is 3.97. The summed E-state index contributed by atoms with van der Waals surface area (Å²) in [6.07, 6.45) is 1.69. The SMILES string of the molecule is Clc1ccc(OCc2ccc(Cl)nc2)cc1. The summed E-state index contributed by atoms with van der Waals surface area (Å²) in [6, 6.07) is 10.8. The van der Waals surface area contributed by atoms with Crippen LogP contribution in [0.3, 0.4) is 0 Å². The molecule has 4 heteroatoms. The Morgan fingerprint density at radius 2 is 1.75 bits per heavy atom. The van der Waals surface area contributed by atoms with Gasteiger partial charge in [0.25, 0.3) is 0 Å². The van der Waals surface area contributed by atoms with Crippen molar-refractivity contribution < 1.29 is 4.74 Å². The second-order valence-electron chi connectivity index (χ2n) is 3.23. The zero-order valence-electron chi connectivity index (χ0n) is 8.36. The standard InChI is InChI=1S/C12H9Cl2NO/c13-10-2-4-11(5-3-10)16-8-9-1-6-12(14)15-7-9/h1-7H,8H2. The molecule has 1 aromatic heterocycles. The summed E-state index contributed by atoms with van der Waals surface area (Å²) in [6.45, 7) is 0.464. The van der Waals surface area contributed by atoms with Crippen LogP contribution in [0.25, 0.3) is 0 Å². The van der Waals surface area contributed by atoms with Gasteiger partial charge in [0.15, 0.2) is 0 Å². The van der Waals surface area contributed by atoms with Gasteiger partial charge in [0, 0.05) is 16.8 Å². The van der Waals surface area contributed by atoms with Gasteiger partial charge in [-0.05, 0) is 30.3 Å². The number of nitrogens with zero attached hydrogens (tertiary/aromatic N) is 1. The van der Waals surface area contributed by atoms with Crippen molar-refractivity contribution in [3.05, 3.63) is 58.3 Å². The molecular formula is C12H9Cl2NO. The van der Waals surface area contributed by atoms with Crippen molar-refractivity contribution in [1.29, 1.82) is 0 Å². The van der Waals surface area contributed by atoms with Crippen molar-refractivity contribution in [2.45, 2.75) is 6.61 Å². The van der Waals surface area contributed by atoms with Crippen LogP contribution >= 0.6 is 23.2 Å². The Balaban J connectivity index is 1.97. The van der Waals surface area contributed by atoms with Gasteiger partial charge in [0.05, 0.1) is 0 Å². The Morgan fingerprint density at radius 1 is 1.00 bits per heavy atom. The van der Waals surface area contributed by atoms with Gasteiger partial charge in [-0.25, -0.2) is 4.98 Å². The van der Waals surface area contributed by atoms with E-state index in [4.69, 9.17) is 27.9 Å². The molecule has 2 rings (SSSR count). The van der Waals surface area contributed by atoms with E-state index in [1.54, 1.807) is 24.4 Å². The fourth-order valence-electron chi connectivity index (χ4n) is 1.19. The van der Waals surface area contributed by atoms with Gasteiger partial charge in [-0.1, -0.05) is 29.3 Å². The Morgan fingerprint density at radius 3 is 2.38 bits per heavy atom. The monoisotopic (exact) mass is 253 g/mol. The third kappa shape index (κ3) is 3.12. The van der Waals surface area contributed by atoms with E-state index in [0.29, 0.717) is 16.8 Å². The van der Waals surface area contributed by atoms with Crippen molar-refractivity contribution in [2.75, 3.05) is 0 Å². The molecule has 1 aromatic carbocycles. The maximum atomic E-state index is 5.77. The first kappa shape index (κ1) is 11.2. The second kappa shape index (κ2) is 5.19. The van der Waals surface area contributed by atoms with E-state index in [1.165, 1.54) is 0 Å². The highest BCUT2D eigenvalue weighted by Gasteiger charge is 1.97. The molecule has 0 fully saturated rings. The molecule has 0 spiro atoms. The van der Waals surface area contributed by atoms with Gasteiger partial charge in [-0.15, -0.1) is 0 Å². The molecule has 0 atom stereocenters. The van der Waals surface area contributed by atoms with Crippen LogP contribution < -0.4 is 4.74 Å². The van der Waals surface area contributed by atoms with Crippen LogP contribution in [0.5, 0.6) is 5.75 Å². The highest BCUT2D eigenvalue weighted by atomic mass is 35.5. The van der Waals surface area contributed by atoms with E-state index in [9.17, 15) is 0 Å². The number of aromatic nitrogens is 1. The molecule has 2 aromatic rings. The second-order valence-corrected chi connectivity index (χ2v) is 4.06. The van der Waals surface area contributed by atoms with Crippen LogP contribution in [-0.4, -0.2) is 4.98 Å². The van der Waals surface area contributed by atoms with Gasteiger partial charge in [0.1, 0.15) is 17.5 Å². The molecule has 0 amide bonds. The zero-order valence-corrected chi connectivity index (χ0v) is 9.87. The lowest BCUT2D eigenvalue weighted by Gasteiger charge is -2.05. The van der Waals surface area contributed by atoms with Gasteiger partial charge in [-0.2, -0.15) is 0 Å². The predicted octanol–water partition coefficient (Wildman–Crippen LogP) is 3.97. The van der Waals surface area contributed by atoms with Gasteiger partial charge in [0.2, 0.25) is 0 Å². The Hall–Kier alpha value is -1.25. The maximum absolute atomic E-state index is 5.77. The zero-order chi connectivity index (χ0) is 11.4. The highest BCUT2D eigenvalue weighted by molar-refractivity contribution is 6.30. The van der Waals surface area contributed by atoms with Crippen LogP contribution in [0.1, 0.15) is 5.56 Å². The summed E-state index contributed by atoms with van der Waals surface area (Å²) >= 11 is 11.4. The molecule has 0 saturated heterocycles. The van der Waals surface area contributed by atoms with E-state index in [1.807, 2.05) is 18.2 Å². The molecule has 82 valence electrons. The number of pyridine rings is 1. The van der Waals surface area contributed by atoms with Crippen molar-refractivity contribution in [2.24, 2.45) is 0 Å². The normalized spacial score (nSPS) is 10.1. The molecule has 1 heterocycles. The average Bonchev–Trinajstić information content (AvgIpc) is 2.30. The number of benzene rings is 1. The average molecular weight is 254 g/mol. The summed E-state index contributed by atoms with van der Waals surface area (Å²) < 4.78 is 5.55. The minimum Gasteiger partial charge on any atom is -0.489 e. The van der Waals surface area contributed by atoms with Crippen molar-refractivity contribution in [3.63, 3.8) is 0 Å². The lowest BCUT2D eigenvalue weighted by molar-refractivity contribution is 0.306. The quantitative estimate of drug-likeness (QED) is 0.773. The van der Waals surface area contributed by atoms with Gasteiger partial charge < -0.3 is 4.74 Å². The van der Waals surface area contributed by atoms with Crippen LogP contribution in [0.4, 0.5) is 0 Å². The van der Waals surface area contributed by atoms with Crippen molar-refractivity contribution in [3.8, 4) is 5.75 Å². The van der Waals surface area contributed by atoms with E-state index >= 15 is 0 Å². The molecule has 16 heavy (non-hydrogen) atoms. The van der Waals surface area contributed by atoms with Crippen LogP contribution in [0, 0.1) is 0 Å². The number of hydrogen-bond donors (Lipinski definition) is 0. The minimum absolute atomic E-state index is 0.464. The molecule has 0 saturated carbocycles. The molecular weight excluding hydrogens is 245 g/mol. The lowest BCUT2D eigenvalue weighted by Crippen LogP contribution is -1.95. The smallest absolute Gasteiger partial charge is 0.129 e. The first-order valence-electron chi connectivity index (χ1n) is 4.73. The molecule has 0 aliphatic carbocycles. The molecule has 2 nitrogen and oxygen atoms in total. The fourth-order valence-corrected chi connectivity index (χ4v) is 1.43. The number of ether oxygens (including phenoxy) is 1. The van der Waals surface area contributed by atoms with E-state index in [0.717, 1.165) is 11.3 Å². The minimum atomic E-state index is 0.464. The topological polar surface area (TPSA) is 22.1 Å².